The largest absolute Gasteiger partial charge is 0.335 e. The number of hydrogen-bond acceptors (Lipinski definition) is 3. The lowest BCUT2D eigenvalue weighted by molar-refractivity contribution is -0.145. The van der Waals surface area contributed by atoms with Crippen molar-refractivity contribution in [3.63, 3.8) is 0 Å². The number of rotatable bonds is 1. The van der Waals surface area contributed by atoms with E-state index in [1.54, 1.807) is 11.3 Å². The first-order valence-electron chi connectivity index (χ1n) is 9.60. The molecule has 0 radical (unpaired) electrons. The van der Waals surface area contributed by atoms with E-state index in [0.717, 1.165) is 30.5 Å². The van der Waals surface area contributed by atoms with Crippen molar-refractivity contribution in [1.82, 2.24) is 9.80 Å². The van der Waals surface area contributed by atoms with Gasteiger partial charge in [0.15, 0.2) is 0 Å². The lowest BCUT2D eigenvalue weighted by Crippen LogP contribution is -2.66. The minimum Gasteiger partial charge on any atom is -0.335 e. The molecule has 0 N–H and O–H groups in total. The molecule has 3 nitrogen and oxygen atoms in total. The average Bonchev–Trinajstić information content (AvgIpc) is 3.12. The molecule has 1 amide bonds. The maximum Gasteiger partial charge on any atom is 0.250 e. The Morgan fingerprint density at radius 1 is 1.17 bits per heavy atom. The van der Waals surface area contributed by atoms with Crippen molar-refractivity contribution in [2.24, 2.45) is 11.8 Å². The summed E-state index contributed by atoms with van der Waals surface area (Å²) in [5.74, 6) is 1.77. The Hall–Kier alpha value is -1.13. The Labute approximate surface area is 148 Å². The second-order valence-electron chi connectivity index (χ2n) is 7.98. The van der Waals surface area contributed by atoms with Crippen LogP contribution in [0.15, 0.2) is 23.1 Å². The van der Waals surface area contributed by atoms with E-state index in [2.05, 4.69) is 33.4 Å². The quantitative estimate of drug-likeness (QED) is 0.728. The summed E-state index contributed by atoms with van der Waals surface area (Å²) in [4.78, 5) is 19.4. The molecule has 0 bridgehead atoms. The summed E-state index contributed by atoms with van der Waals surface area (Å²) < 4.78 is 0. The zero-order valence-electron chi connectivity index (χ0n) is 14.2. The summed E-state index contributed by atoms with van der Waals surface area (Å²) in [5, 5.41) is 2.09. The first kappa shape index (κ1) is 15.2. The van der Waals surface area contributed by atoms with Gasteiger partial charge in [-0.2, -0.15) is 0 Å². The van der Waals surface area contributed by atoms with Crippen LogP contribution < -0.4 is 0 Å². The Morgan fingerprint density at radius 3 is 2.88 bits per heavy atom. The molecule has 0 spiro atoms. The molecule has 24 heavy (non-hydrogen) atoms. The van der Waals surface area contributed by atoms with Crippen LogP contribution in [0.1, 0.15) is 43.4 Å². The lowest BCUT2D eigenvalue weighted by Gasteiger charge is -2.58. The maximum atomic E-state index is 13.2. The van der Waals surface area contributed by atoms with Crippen LogP contribution in [0.4, 0.5) is 0 Å². The Balaban J connectivity index is 1.43. The van der Waals surface area contributed by atoms with Gasteiger partial charge in [0.25, 0.3) is 0 Å². The molecular formula is C20H26N2OS. The van der Waals surface area contributed by atoms with Gasteiger partial charge in [-0.25, -0.2) is 0 Å². The SMILES string of the molecule is O=C1/C(=C/c2cccs2)CCC2C3CCCN4CCCC(CN12)C34. The van der Waals surface area contributed by atoms with Crippen molar-refractivity contribution in [3.8, 4) is 0 Å². The van der Waals surface area contributed by atoms with Crippen molar-refractivity contribution in [2.75, 3.05) is 19.6 Å². The normalized spacial score (nSPS) is 38.1. The minimum atomic E-state index is 0.334. The number of carbonyl (C=O) groups is 1. The predicted molar refractivity (Wildman–Crippen MR) is 97.8 cm³/mol. The molecule has 0 aliphatic carbocycles. The van der Waals surface area contributed by atoms with E-state index >= 15 is 0 Å². The average molecular weight is 343 g/mol. The monoisotopic (exact) mass is 342 g/mol. The van der Waals surface area contributed by atoms with E-state index in [-0.39, 0.29) is 0 Å². The van der Waals surface area contributed by atoms with E-state index in [1.165, 1.54) is 50.1 Å². The third-order valence-electron chi connectivity index (χ3n) is 6.78. The molecule has 4 aliphatic rings. The van der Waals surface area contributed by atoms with Crippen LogP contribution in [0, 0.1) is 11.8 Å². The molecule has 4 aliphatic heterocycles. The summed E-state index contributed by atoms with van der Waals surface area (Å²) in [6.45, 7) is 3.59. The van der Waals surface area contributed by atoms with E-state index in [1.807, 2.05) is 0 Å². The maximum absolute atomic E-state index is 13.2. The van der Waals surface area contributed by atoms with Crippen LogP contribution >= 0.6 is 11.3 Å². The first-order chi connectivity index (χ1) is 11.8. The van der Waals surface area contributed by atoms with Crippen molar-refractivity contribution in [2.45, 2.75) is 50.6 Å². The fourth-order valence-electron chi connectivity index (χ4n) is 5.87. The molecule has 4 fully saturated rings. The molecule has 4 unspecified atom stereocenters. The van der Waals surface area contributed by atoms with Gasteiger partial charge in [0.2, 0.25) is 5.91 Å². The van der Waals surface area contributed by atoms with Gasteiger partial charge in [-0.05, 0) is 81.0 Å². The van der Waals surface area contributed by atoms with Gasteiger partial charge in [0.1, 0.15) is 0 Å². The van der Waals surface area contributed by atoms with Crippen LogP contribution in [0.25, 0.3) is 6.08 Å². The third kappa shape index (κ3) is 2.38. The number of carbonyl (C=O) groups excluding carboxylic acids is 1. The number of nitrogens with zero attached hydrogens (tertiary/aromatic N) is 2. The van der Waals surface area contributed by atoms with Crippen molar-refractivity contribution >= 4 is 23.3 Å². The first-order valence-corrected chi connectivity index (χ1v) is 10.5. The molecule has 4 atom stereocenters. The van der Waals surface area contributed by atoms with E-state index in [0.29, 0.717) is 17.9 Å². The summed E-state index contributed by atoms with van der Waals surface area (Å²) in [6.07, 6.45) is 9.57. The number of fused-ring (bicyclic) bond motifs is 2. The number of amides is 1. The molecular weight excluding hydrogens is 316 g/mol. The highest BCUT2D eigenvalue weighted by Crippen LogP contribution is 2.45. The molecule has 4 heteroatoms. The highest BCUT2D eigenvalue weighted by Gasteiger charge is 2.51. The molecule has 1 aromatic heterocycles. The van der Waals surface area contributed by atoms with Crippen molar-refractivity contribution in [1.29, 1.82) is 0 Å². The highest BCUT2D eigenvalue weighted by atomic mass is 32.1. The molecule has 5 heterocycles. The number of thiophene rings is 1. The summed E-state index contributed by atoms with van der Waals surface area (Å²) >= 11 is 1.73. The van der Waals surface area contributed by atoms with E-state index in [9.17, 15) is 4.79 Å². The molecule has 128 valence electrons. The highest BCUT2D eigenvalue weighted by molar-refractivity contribution is 7.10. The fraction of sp³-hybridized carbons (Fsp3) is 0.650. The Kier molecular flexibility index (Phi) is 3.78. The number of piperidine rings is 4. The van der Waals surface area contributed by atoms with Crippen LogP contribution in [0.3, 0.4) is 0 Å². The lowest BCUT2D eigenvalue weighted by atomic mass is 9.67. The zero-order valence-corrected chi connectivity index (χ0v) is 15.0. The topological polar surface area (TPSA) is 23.6 Å². The molecule has 4 saturated heterocycles. The summed E-state index contributed by atoms with van der Waals surface area (Å²) in [7, 11) is 0. The summed E-state index contributed by atoms with van der Waals surface area (Å²) in [6, 6.07) is 5.45. The van der Waals surface area contributed by atoms with Crippen molar-refractivity contribution in [3.05, 3.63) is 28.0 Å². The van der Waals surface area contributed by atoms with Gasteiger partial charge < -0.3 is 4.90 Å². The fourth-order valence-corrected chi connectivity index (χ4v) is 6.55. The molecule has 0 saturated carbocycles. The standard InChI is InChI=1S/C20H26N2OS/c23-20-14(12-16-5-3-11-24-16)7-8-18-17-6-2-10-21-9-1-4-15(19(17)21)13-22(18)20/h3,5,11-12,15,17-19H,1-2,4,6-10,13H2/b14-12+. The van der Waals surface area contributed by atoms with Gasteiger partial charge in [-0.15, -0.1) is 11.3 Å². The van der Waals surface area contributed by atoms with Gasteiger partial charge >= 0.3 is 0 Å². The molecule has 5 rings (SSSR count). The Morgan fingerprint density at radius 2 is 2.04 bits per heavy atom. The van der Waals surface area contributed by atoms with Gasteiger partial charge in [-0.3, -0.25) is 9.69 Å². The predicted octanol–water partition coefficient (Wildman–Crippen LogP) is 3.63. The molecule has 0 aromatic carbocycles. The van der Waals surface area contributed by atoms with Gasteiger partial charge in [0, 0.05) is 29.1 Å². The van der Waals surface area contributed by atoms with E-state index < -0.39 is 0 Å². The van der Waals surface area contributed by atoms with Crippen LogP contribution in [0.2, 0.25) is 0 Å². The van der Waals surface area contributed by atoms with Crippen LogP contribution in [-0.4, -0.2) is 47.4 Å². The number of hydrogen-bond donors (Lipinski definition) is 0. The second kappa shape index (κ2) is 5.99. The molecule has 1 aromatic rings. The van der Waals surface area contributed by atoms with Crippen LogP contribution in [0.5, 0.6) is 0 Å². The van der Waals surface area contributed by atoms with E-state index in [4.69, 9.17) is 0 Å². The second-order valence-corrected chi connectivity index (χ2v) is 8.96. The van der Waals surface area contributed by atoms with Crippen LogP contribution in [-0.2, 0) is 4.79 Å². The van der Waals surface area contributed by atoms with Crippen molar-refractivity contribution < 1.29 is 4.79 Å². The summed E-state index contributed by atoms with van der Waals surface area (Å²) in [5.41, 5.74) is 1.04. The van der Waals surface area contributed by atoms with Gasteiger partial charge in [-0.1, -0.05) is 6.07 Å². The van der Waals surface area contributed by atoms with Gasteiger partial charge in [0.05, 0.1) is 0 Å². The minimum absolute atomic E-state index is 0.334. The smallest absolute Gasteiger partial charge is 0.250 e. The zero-order chi connectivity index (χ0) is 16.1. The Bertz CT molecular complexity index is 651. The third-order valence-corrected chi connectivity index (χ3v) is 7.60.